The van der Waals surface area contributed by atoms with Gasteiger partial charge in [-0.25, -0.2) is 9.67 Å². The van der Waals surface area contributed by atoms with E-state index < -0.39 is 0 Å². The zero-order valence-corrected chi connectivity index (χ0v) is 12.4. The number of nitrogens with one attached hydrogen (secondary N) is 1. The molecule has 2 aromatic heterocycles. The highest BCUT2D eigenvalue weighted by Crippen LogP contribution is 2.18. The second kappa shape index (κ2) is 5.53. The van der Waals surface area contributed by atoms with Crippen molar-refractivity contribution in [2.24, 2.45) is 0 Å². The van der Waals surface area contributed by atoms with Crippen molar-refractivity contribution in [2.45, 2.75) is 40.7 Å². The maximum atomic E-state index is 4.67. The molecule has 2 aromatic rings. The molecule has 1 N–H and O–H groups in total. The van der Waals surface area contributed by atoms with Crippen LogP contribution in [0.4, 0.5) is 0 Å². The Morgan fingerprint density at radius 2 is 1.89 bits per heavy atom. The van der Waals surface area contributed by atoms with Gasteiger partial charge in [-0.15, -0.1) is 0 Å². The third-order valence-corrected chi connectivity index (χ3v) is 3.56. The molecule has 0 fully saturated rings. The maximum absolute atomic E-state index is 4.67. The topological polar surface area (TPSA) is 42.7 Å². The van der Waals surface area contributed by atoms with Crippen LogP contribution in [0.25, 0.3) is 5.82 Å². The number of hydrogen-bond donors (Lipinski definition) is 1. The molecule has 0 radical (unpaired) electrons. The van der Waals surface area contributed by atoms with Crippen LogP contribution in [0.3, 0.4) is 0 Å². The highest BCUT2D eigenvalue weighted by atomic mass is 15.3. The molecule has 0 aliphatic carbocycles. The van der Waals surface area contributed by atoms with Crippen molar-refractivity contribution in [3.05, 3.63) is 40.3 Å². The predicted molar refractivity (Wildman–Crippen MR) is 77.7 cm³/mol. The molecule has 0 spiro atoms. The Labute approximate surface area is 114 Å². The van der Waals surface area contributed by atoms with Crippen LogP contribution in [-0.2, 0) is 13.0 Å². The molecular formula is C15H22N4. The van der Waals surface area contributed by atoms with Gasteiger partial charge in [-0.2, -0.15) is 5.10 Å². The fourth-order valence-electron chi connectivity index (χ4n) is 2.48. The van der Waals surface area contributed by atoms with E-state index >= 15 is 0 Å². The van der Waals surface area contributed by atoms with Gasteiger partial charge in [-0.3, -0.25) is 0 Å². The lowest BCUT2D eigenvalue weighted by Crippen LogP contribution is -2.10. The van der Waals surface area contributed by atoms with Crippen molar-refractivity contribution in [1.29, 1.82) is 0 Å². The van der Waals surface area contributed by atoms with E-state index in [4.69, 9.17) is 0 Å². The van der Waals surface area contributed by atoms with Crippen molar-refractivity contribution in [1.82, 2.24) is 20.1 Å². The molecule has 0 amide bonds. The molecule has 0 aromatic carbocycles. The molecular weight excluding hydrogens is 236 g/mol. The van der Waals surface area contributed by atoms with Gasteiger partial charge in [-0.1, -0.05) is 13.0 Å². The van der Waals surface area contributed by atoms with Gasteiger partial charge in [-0.05, 0) is 51.4 Å². The lowest BCUT2D eigenvalue weighted by atomic mass is 10.1. The van der Waals surface area contributed by atoms with Crippen molar-refractivity contribution in [3.63, 3.8) is 0 Å². The third kappa shape index (κ3) is 2.54. The van der Waals surface area contributed by atoms with Crippen LogP contribution in [0, 0.1) is 20.8 Å². The van der Waals surface area contributed by atoms with Gasteiger partial charge in [0.15, 0.2) is 5.82 Å². The van der Waals surface area contributed by atoms with Gasteiger partial charge in [0, 0.05) is 17.9 Å². The Kier molecular flexibility index (Phi) is 4.00. The first-order valence-corrected chi connectivity index (χ1v) is 6.75. The molecule has 19 heavy (non-hydrogen) atoms. The minimum atomic E-state index is 0.844. The summed E-state index contributed by atoms with van der Waals surface area (Å²) >= 11 is 0. The molecule has 2 rings (SSSR count). The number of rotatable bonds is 4. The zero-order valence-electron chi connectivity index (χ0n) is 12.4. The van der Waals surface area contributed by atoms with Crippen molar-refractivity contribution in [3.8, 4) is 5.82 Å². The smallest absolute Gasteiger partial charge is 0.153 e. The average Bonchev–Trinajstić information content (AvgIpc) is 2.67. The number of nitrogens with zero attached hydrogens (tertiary/aromatic N) is 3. The summed E-state index contributed by atoms with van der Waals surface area (Å²) in [6, 6.07) is 4.16. The van der Waals surface area contributed by atoms with Gasteiger partial charge in [0.25, 0.3) is 0 Å². The lowest BCUT2D eigenvalue weighted by molar-refractivity contribution is 0.777. The number of aryl methyl sites for hydroxylation is 2. The number of hydrogen-bond acceptors (Lipinski definition) is 3. The molecule has 4 heteroatoms. The van der Waals surface area contributed by atoms with E-state index in [2.05, 4.69) is 42.2 Å². The summed E-state index contributed by atoms with van der Waals surface area (Å²) in [4.78, 5) is 4.67. The second-order valence-electron chi connectivity index (χ2n) is 4.86. The van der Waals surface area contributed by atoms with Crippen LogP contribution in [0.5, 0.6) is 0 Å². The molecule has 0 unspecified atom stereocenters. The first-order valence-electron chi connectivity index (χ1n) is 6.75. The van der Waals surface area contributed by atoms with Crippen LogP contribution in [0.2, 0.25) is 0 Å². The highest BCUT2D eigenvalue weighted by Gasteiger charge is 2.12. The normalized spacial score (nSPS) is 11.0. The zero-order chi connectivity index (χ0) is 14.0. The van der Waals surface area contributed by atoms with Gasteiger partial charge in [0.05, 0.1) is 5.69 Å². The van der Waals surface area contributed by atoms with E-state index in [1.807, 2.05) is 24.7 Å². The van der Waals surface area contributed by atoms with Crippen LogP contribution < -0.4 is 5.32 Å². The molecule has 0 aliphatic heterocycles. The first-order chi connectivity index (χ1) is 9.08. The van der Waals surface area contributed by atoms with Crippen LogP contribution in [-0.4, -0.2) is 21.8 Å². The predicted octanol–water partition coefficient (Wildman–Crippen LogP) is 2.47. The molecule has 0 saturated heterocycles. The Balaban J connectivity index is 2.45. The van der Waals surface area contributed by atoms with Crippen LogP contribution >= 0.6 is 0 Å². The summed E-state index contributed by atoms with van der Waals surface area (Å²) in [5, 5.41) is 7.76. The molecule has 4 nitrogen and oxygen atoms in total. The standard InChI is InChI=1S/C15H22N4/c1-6-14-11(3)18-19(12(14)4)15-8-7-13(9-16-5)10(2)17-15/h7-8,16H,6,9H2,1-5H3. The number of aromatic nitrogens is 3. The summed E-state index contributed by atoms with van der Waals surface area (Å²) in [5.74, 6) is 0.901. The Morgan fingerprint density at radius 1 is 1.16 bits per heavy atom. The summed E-state index contributed by atoms with van der Waals surface area (Å²) in [6.45, 7) is 9.22. The van der Waals surface area contributed by atoms with E-state index in [0.717, 1.165) is 30.2 Å². The van der Waals surface area contributed by atoms with Crippen molar-refractivity contribution < 1.29 is 0 Å². The molecule has 2 heterocycles. The molecule has 0 atom stereocenters. The van der Waals surface area contributed by atoms with Crippen LogP contribution in [0.1, 0.15) is 35.1 Å². The summed E-state index contributed by atoms with van der Waals surface area (Å²) in [6.07, 6.45) is 1.01. The SMILES string of the molecule is CCc1c(C)nn(-c2ccc(CNC)c(C)n2)c1C. The highest BCUT2D eigenvalue weighted by molar-refractivity contribution is 5.35. The van der Waals surface area contributed by atoms with Gasteiger partial charge < -0.3 is 5.32 Å². The molecule has 0 bridgehead atoms. The quantitative estimate of drug-likeness (QED) is 0.916. The van der Waals surface area contributed by atoms with Crippen molar-refractivity contribution >= 4 is 0 Å². The third-order valence-electron chi connectivity index (χ3n) is 3.56. The van der Waals surface area contributed by atoms with Gasteiger partial charge >= 0.3 is 0 Å². The molecule has 0 aliphatic rings. The van der Waals surface area contributed by atoms with E-state index in [1.54, 1.807) is 0 Å². The van der Waals surface area contributed by atoms with Crippen LogP contribution in [0.15, 0.2) is 12.1 Å². The summed E-state index contributed by atoms with van der Waals surface area (Å²) < 4.78 is 1.95. The molecule has 0 saturated carbocycles. The molecule has 102 valence electrons. The largest absolute Gasteiger partial charge is 0.316 e. The van der Waals surface area contributed by atoms with Gasteiger partial charge in [0.2, 0.25) is 0 Å². The van der Waals surface area contributed by atoms with E-state index in [9.17, 15) is 0 Å². The maximum Gasteiger partial charge on any atom is 0.153 e. The first kappa shape index (κ1) is 13.7. The minimum Gasteiger partial charge on any atom is -0.316 e. The fourth-order valence-corrected chi connectivity index (χ4v) is 2.48. The summed E-state index contributed by atoms with van der Waals surface area (Å²) in [5.41, 5.74) is 5.88. The monoisotopic (exact) mass is 258 g/mol. The summed E-state index contributed by atoms with van der Waals surface area (Å²) in [7, 11) is 1.95. The average molecular weight is 258 g/mol. The van der Waals surface area contributed by atoms with Crippen molar-refractivity contribution in [2.75, 3.05) is 7.05 Å². The Morgan fingerprint density at radius 3 is 2.42 bits per heavy atom. The Hall–Kier alpha value is -1.68. The number of pyridine rings is 1. The van der Waals surface area contributed by atoms with E-state index in [1.165, 1.54) is 16.8 Å². The lowest BCUT2D eigenvalue weighted by Gasteiger charge is -2.09. The van der Waals surface area contributed by atoms with Gasteiger partial charge in [0.1, 0.15) is 0 Å². The van der Waals surface area contributed by atoms with E-state index in [-0.39, 0.29) is 0 Å². The Bertz CT molecular complexity index is 584. The second-order valence-corrected chi connectivity index (χ2v) is 4.86. The minimum absolute atomic E-state index is 0.844. The van der Waals surface area contributed by atoms with E-state index in [0.29, 0.717) is 0 Å². The fraction of sp³-hybridized carbons (Fsp3) is 0.467.